The van der Waals surface area contributed by atoms with Crippen LogP contribution in [0.2, 0.25) is 0 Å². The van der Waals surface area contributed by atoms with Crippen molar-refractivity contribution in [2.24, 2.45) is 5.41 Å². The maximum Gasteiger partial charge on any atom is 0.243 e. The van der Waals surface area contributed by atoms with Crippen LogP contribution in [0, 0.1) is 5.41 Å². The van der Waals surface area contributed by atoms with Crippen LogP contribution in [0.3, 0.4) is 0 Å². The van der Waals surface area contributed by atoms with Crippen LogP contribution >= 0.6 is 0 Å². The first-order valence-corrected chi connectivity index (χ1v) is 8.53. The smallest absolute Gasteiger partial charge is 0.243 e. The van der Waals surface area contributed by atoms with Gasteiger partial charge in [-0.15, -0.1) is 0 Å². The van der Waals surface area contributed by atoms with Crippen molar-refractivity contribution in [2.45, 2.75) is 38.1 Å². The molecule has 0 bridgehead atoms. The van der Waals surface area contributed by atoms with Crippen LogP contribution in [0.25, 0.3) is 0 Å². The maximum atomic E-state index is 12.7. The zero-order valence-corrected chi connectivity index (χ0v) is 13.3. The Kier molecular flexibility index (Phi) is 4.52. The van der Waals surface area contributed by atoms with Crippen molar-refractivity contribution in [1.82, 2.24) is 9.62 Å². The summed E-state index contributed by atoms with van der Waals surface area (Å²) < 4.78 is 27.1. The lowest BCUT2D eigenvalue weighted by molar-refractivity contribution is 0.187. The van der Waals surface area contributed by atoms with Gasteiger partial charge in [-0.05, 0) is 43.0 Å². The van der Waals surface area contributed by atoms with Crippen LogP contribution in [0.15, 0.2) is 29.2 Å². The molecule has 1 aromatic rings. The summed E-state index contributed by atoms with van der Waals surface area (Å²) in [4.78, 5) is 0.406. The number of nitrogens with one attached hydrogen (secondary N) is 1. The fraction of sp³-hybridized carbons (Fsp3) is 0.600. The van der Waals surface area contributed by atoms with E-state index in [2.05, 4.69) is 19.2 Å². The molecule has 2 rings (SSSR count). The SMILES string of the molecule is CNCc1cccc(S(=O)(=O)N2CCCC(C)(C)C2)c1. The van der Waals surface area contributed by atoms with Crippen molar-refractivity contribution in [3.05, 3.63) is 29.8 Å². The molecule has 4 nitrogen and oxygen atoms in total. The number of benzene rings is 1. The van der Waals surface area contributed by atoms with E-state index in [1.807, 2.05) is 19.2 Å². The van der Waals surface area contributed by atoms with Gasteiger partial charge in [-0.3, -0.25) is 0 Å². The molecule has 1 N–H and O–H groups in total. The van der Waals surface area contributed by atoms with Crippen molar-refractivity contribution < 1.29 is 8.42 Å². The topological polar surface area (TPSA) is 49.4 Å². The summed E-state index contributed by atoms with van der Waals surface area (Å²) in [7, 11) is -1.51. The van der Waals surface area contributed by atoms with Gasteiger partial charge in [0.15, 0.2) is 0 Å². The zero-order chi connectivity index (χ0) is 14.8. The molecule has 0 aliphatic carbocycles. The van der Waals surface area contributed by atoms with Crippen molar-refractivity contribution in [3.63, 3.8) is 0 Å². The van der Waals surface area contributed by atoms with Crippen molar-refractivity contribution >= 4 is 10.0 Å². The first-order valence-electron chi connectivity index (χ1n) is 7.09. The fourth-order valence-corrected chi connectivity index (χ4v) is 4.48. The van der Waals surface area contributed by atoms with Crippen molar-refractivity contribution in [3.8, 4) is 0 Å². The number of rotatable bonds is 4. The van der Waals surface area contributed by atoms with Gasteiger partial charge in [-0.25, -0.2) is 8.42 Å². The summed E-state index contributed by atoms with van der Waals surface area (Å²) in [5.74, 6) is 0. The molecule has 1 aliphatic heterocycles. The number of sulfonamides is 1. The number of hydrogen-bond acceptors (Lipinski definition) is 3. The second-order valence-corrected chi connectivity index (χ2v) is 8.22. The molecule has 1 heterocycles. The van der Waals surface area contributed by atoms with Crippen LogP contribution in [0.5, 0.6) is 0 Å². The predicted octanol–water partition coefficient (Wildman–Crippen LogP) is 2.22. The summed E-state index contributed by atoms with van der Waals surface area (Å²) in [6.07, 6.45) is 2.02. The van der Waals surface area contributed by atoms with Gasteiger partial charge in [0.2, 0.25) is 10.0 Å². The third kappa shape index (κ3) is 3.40. The van der Waals surface area contributed by atoms with E-state index >= 15 is 0 Å². The van der Waals surface area contributed by atoms with E-state index in [1.165, 1.54) is 0 Å². The standard InChI is InChI=1S/C15H24N2O2S/c1-15(2)8-5-9-17(12-15)20(18,19)14-7-4-6-13(10-14)11-16-3/h4,6-7,10,16H,5,8-9,11-12H2,1-3H3. The molecule has 0 radical (unpaired) electrons. The fourth-order valence-electron chi connectivity index (χ4n) is 2.74. The quantitative estimate of drug-likeness (QED) is 0.927. The lowest BCUT2D eigenvalue weighted by Gasteiger charge is -2.37. The summed E-state index contributed by atoms with van der Waals surface area (Å²) in [5, 5.41) is 3.05. The van der Waals surface area contributed by atoms with Gasteiger partial charge in [-0.1, -0.05) is 26.0 Å². The number of hydrogen-bond donors (Lipinski definition) is 1. The van der Waals surface area contributed by atoms with Crippen LogP contribution < -0.4 is 5.32 Å². The molecule has 0 saturated carbocycles. The van der Waals surface area contributed by atoms with Crippen LogP contribution in [0.4, 0.5) is 0 Å². The highest BCUT2D eigenvalue weighted by molar-refractivity contribution is 7.89. The molecule has 1 fully saturated rings. The van der Waals surface area contributed by atoms with Crippen molar-refractivity contribution in [1.29, 1.82) is 0 Å². The zero-order valence-electron chi connectivity index (χ0n) is 12.5. The third-order valence-electron chi connectivity index (χ3n) is 3.78. The van der Waals surface area contributed by atoms with Gasteiger partial charge in [0.05, 0.1) is 4.90 Å². The minimum atomic E-state index is -3.37. The molecule has 20 heavy (non-hydrogen) atoms. The molecule has 0 atom stereocenters. The van der Waals surface area contributed by atoms with Crippen LogP contribution in [0.1, 0.15) is 32.3 Å². The monoisotopic (exact) mass is 296 g/mol. The van der Waals surface area contributed by atoms with E-state index in [4.69, 9.17) is 0 Å². The van der Waals surface area contributed by atoms with Crippen LogP contribution in [-0.2, 0) is 16.6 Å². The molecule has 0 spiro atoms. The molecule has 0 unspecified atom stereocenters. The largest absolute Gasteiger partial charge is 0.316 e. The van der Waals surface area contributed by atoms with E-state index in [-0.39, 0.29) is 5.41 Å². The van der Waals surface area contributed by atoms with Gasteiger partial charge < -0.3 is 5.32 Å². The predicted molar refractivity (Wildman–Crippen MR) is 81.0 cm³/mol. The molecule has 0 aromatic heterocycles. The van der Waals surface area contributed by atoms with Crippen molar-refractivity contribution in [2.75, 3.05) is 20.1 Å². The Balaban J connectivity index is 2.28. The molecule has 112 valence electrons. The molecule has 1 aromatic carbocycles. The van der Waals surface area contributed by atoms with Gasteiger partial charge in [-0.2, -0.15) is 4.31 Å². The van der Waals surface area contributed by atoms with E-state index in [0.29, 0.717) is 24.5 Å². The van der Waals surface area contributed by atoms with E-state index < -0.39 is 10.0 Å². The summed E-state index contributed by atoms with van der Waals surface area (Å²) in [6.45, 7) is 6.17. The van der Waals surface area contributed by atoms with Gasteiger partial charge in [0.25, 0.3) is 0 Å². The Morgan fingerprint density at radius 1 is 1.35 bits per heavy atom. The first-order chi connectivity index (χ1) is 9.35. The van der Waals surface area contributed by atoms with Gasteiger partial charge >= 0.3 is 0 Å². The first kappa shape index (κ1) is 15.5. The Bertz CT molecular complexity index is 567. The normalized spacial score (nSPS) is 19.9. The second kappa shape index (κ2) is 5.84. The Morgan fingerprint density at radius 2 is 2.10 bits per heavy atom. The molecule has 1 aliphatic rings. The average Bonchev–Trinajstić information content (AvgIpc) is 2.38. The van der Waals surface area contributed by atoms with Crippen LogP contribution in [-0.4, -0.2) is 32.9 Å². The highest BCUT2D eigenvalue weighted by atomic mass is 32.2. The van der Waals surface area contributed by atoms with Gasteiger partial charge in [0, 0.05) is 19.6 Å². The molecular formula is C15H24N2O2S. The summed E-state index contributed by atoms with van der Waals surface area (Å²) >= 11 is 0. The second-order valence-electron chi connectivity index (χ2n) is 6.28. The van der Waals surface area contributed by atoms with E-state index in [9.17, 15) is 8.42 Å². The molecular weight excluding hydrogens is 272 g/mol. The molecule has 1 saturated heterocycles. The Labute approximate surface area is 122 Å². The Hall–Kier alpha value is -0.910. The van der Waals surface area contributed by atoms with E-state index in [0.717, 1.165) is 18.4 Å². The molecule has 5 heteroatoms. The minimum absolute atomic E-state index is 0.0634. The van der Waals surface area contributed by atoms with Gasteiger partial charge in [0.1, 0.15) is 0 Å². The lowest BCUT2D eigenvalue weighted by Crippen LogP contribution is -2.43. The minimum Gasteiger partial charge on any atom is -0.316 e. The summed E-state index contributed by atoms with van der Waals surface area (Å²) in [5.41, 5.74) is 1.05. The number of nitrogens with zero attached hydrogens (tertiary/aromatic N) is 1. The number of piperidine rings is 1. The highest BCUT2D eigenvalue weighted by Crippen LogP contribution is 2.31. The third-order valence-corrected chi connectivity index (χ3v) is 5.62. The highest BCUT2D eigenvalue weighted by Gasteiger charge is 2.34. The Morgan fingerprint density at radius 3 is 2.75 bits per heavy atom. The molecule has 0 amide bonds. The summed E-state index contributed by atoms with van der Waals surface area (Å²) in [6, 6.07) is 7.22. The lowest BCUT2D eigenvalue weighted by atomic mass is 9.85. The maximum absolute atomic E-state index is 12.7. The average molecular weight is 296 g/mol. The van der Waals surface area contributed by atoms with E-state index in [1.54, 1.807) is 16.4 Å².